The molecule has 0 saturated carbocycles. The first-order valence-electron chi connectivity index (χ1n) is 8.42. The molecule has 0 bridgehead atoms. The van der Waals surface area contributed by atoms with Gasteiger partial charge in [-0.1, -0.05) is 23.7 Å². The minimum Gasteiger partial charge on any atom is -0.325 e. The van der Waals surface area contributed by atoms with E-state index in [1.807, 2.05) is 54.6 Å². The summed E-state index contributed by atoms with van der Waals surface area (Å²) in [6.45, 7) is 0. The van der Waals surface area contributed by atoms with E-state index in [1.54, 1.807) is 11.3 Å². The van der Waals surface area contributed by atoms with Crippen LogP contribution in [-0.4, -0.2) is 16.6 Å². The van der Waals surface area contributed by atoms with E-state index in [-0.39, 0.29) is 5.91 Å². The van der Waals surface area contributed by atoms with Crippen molar-refractivity contribution in [1.82, 2.24) is 4.98 Å². The molecule has 1 aromatic heterocycles. The van der Waals surface area contributed by atoms with Crippen LogP contribution in [0.2, 0.25) is 5.02 Å². The normalized spacial score (nSPS) is 10.9. The zero-order valence-electron chi connectivity index (χ0n) is 14.5. The Morgan fingerprint density at radius 2 is 1.89 bits per heavy atom. The molecule has 1 N–H and O–H groups in total. The summed E-state index contributed by atoms with van der Waals surface area (Å²) in [5.41, 5.74) is 2.69. The molecule has 0 unspecified atom stereocenters. The second-order valence-corrected chi connectivity index (χ2v) is 9.73. The third-order valence-electron chi connectivity index (χ3n) is 3.96. The number of fused-ring (bicyclic) bond motifs is 1. The molecular weight excluding hydrogens is 523 g/mol. The molecule has 0 aliphatic rings. The van der Waals surface area contributed by atoms with Gasteiger partial charge < -0.3 is 5.32 Å². The number of nitrogens with one attached hydrogen (secondary N) is 1. The van der Waals surface area contributed by atoms with Crippen LogP contribution in [-0.2, 0) is 4.79 Å². The number of rotatable bonds is 5. The number of thiazole rings is 1. The van der Waals surface area contributed by atoms with Crippen LogP contribution in [0.5, 0.6) is 0 Å². The summed E-state index contributed by atoms with van der Waals surface area (Å²) in [6.07, 6.45) is 0. The fourth-order valence-electron chi connectivity index (χ4n) is 2.66. The molecule has 28 heavy (non-hydrogen) atoms. The van der Waals surface area contributed by atoms with Crippen LogP contribution in [0.3, 0.4) is 0 Å². The third kappa shape index (κ3) is 4.68. The zero-order chi connectivity index (χ0) is 19.5. The van der Waals surface area contributed by atoms with Gasteiger partial charge in [0, 0.05) is 19.1 Å². The Bertz CT molecular complexity index is 1110. The van der Waals surface area contributed by atoms with Crippen molar-refractivity contribution in [2.45, 2.75) is 4.90 Å². The predicted molar refractivity (Wildman–Crippen MR) is 129 cm³/mol. The summed E-state index contributed by atoms with van der Waals surface area (Å²) in [5.74, 6) is 0.274. The number of hydrogen-bond donors (Lipinski definition) is 1. The number of anilines is 1. The summed E-state index contributed by atoms with van der Waals surface area (Å²) in [6, 6.07) is 21.5. The molecule has 0 atom stereocenters. The van der Waals surface area contributed by atoms with Crippen molar-refractivity contribution >= 4 is 79.1 Å². The van der Waals surface area contributed by atoms with Gasteiger partial charge in [0.15, 0.2) is 0 Å². The molecule has 1 amide bonds. The topological polar surface area (TPSA) is 42.0 Å². The quantitative estimate of drug-likeness (QED) is 0.222. The summed E-state index contributed by atoms with van der Waals surface area (Å²) in [5, 5.41) is 4.63. The molecule has 140 valence electrons. The molecule has 0 spiro atoms. The lowest BCUT2D eigenvalue weighted by atomic mass is 10.2. The first-order chi connectivity index (χ1) is 13.6. The summed E-state index contributed by atoms with van der Waals surface area (Å²) in [7, 11) is 0. The van der Waals surface area contributed by atoms with E-state index in [1.165, 1.54) is 11.8 Å². The fourth-order valence-corrected chi connectivity index (χ4v) is 4.97. The first-order valence-corrected chi connectivity index (χ1v) is 11.7. The largest absolute Gasteiger partial charge is 0.325 e. The van der Waals surface area contributed by atoms with E-state index >= 15 is 0 Å². The lowest BCUT2D eigenvalue weighted by molar-refractivity contribution is -0.113. The van der Waals surface area contributed by atoms with Crippen molar-refractivity contribution in [3.63, 3.8) is 0 Å². The number of nitrogens with zero attached hydrogens (tertiary/aromatic N) is 1. The summed E-state index contributed by atoms with van der Waals surface area (Å²) in [4.78, 5) is 18.3. The molecule has 4 aromatic rings. The van der Waals surface area contributed by atoms with E-state index in [0.717, 1.165) is 34.9 Å². The van der Waals surface area contributed by atoms with Crippen LogP contribution in [0.1, 0.15) is 0 Å². The molecule has 0 aliphatic carbocycles. The number of amides is 1. The Morgan fingerprint density at radius 3 is 2.68 bits per heavy atom. The Hall–Kier alpha value is -1.61. The SMILES string of the molecule is O=C(CSc1ccc(Cl)cc1)Nc1ccc(I)cc1-c1nc2ccccc2s1. The summed E-state index contributed by atoms with van der Waals surface area (Å²) >= 11 is 11.3. The van der Waals surface area contributed by atoms with Gasteiger partial charge in [-0.15, -0.1) is 23.1 Å². The van der Waals surface area contributed by atoms with Crippen LogP contribution in [0.4, 0.5) is 5.69 Å². The second-order valence-electron chi connectivity index (χ2n) is 5.97. The van der Waals surface area contributed by atoms with Gasteiger partial charge in [0.05, 0.1) is 21.7 Å². The van der Waals surface area contributed by atoms with Crippen LogP contribution < -0.4 is 5.32 Å². The summed E-state index contributed by atoms with van der Waals surface area (Å²) < 4.78 is 2.23. The van der Waals surface area contributed by atoms with Gasteiger partial charge in [0.2, 0.25) is 5.91 Å². The van der Waals surface area contributed by atoms with E-state index < -0.39 is 0 Å². The number of hydrogen-bond acceptors (Lipinski definition) is 4. The van der Waals surface area contributed by atoms with Gasteiger partial charge in [0.1, 0.15) is 5.01 Å². The lowest BCUT2D eigenvalue weighted by Crippen LogP contribution is -2.14. The molecule has 1 heterocycles. The second kappa shape index (κ2) is 8.82. The lowest BCUT2D eigenvalue weighted by Gasteiger charge is -2.10. The molecule has 0 aliphatic heterocycles. The average Bonchev–Trinajstić information content (AvgIpc) is 3.13. The zero-order valence-corrected chi connectivity index (χ0v) is 19.0. The van der Waals surface area contributed by atoms with Gasteiger partial charge >= 0.3 is 0 Å². The molecule has 3 aromatic carbocycles. The Kier molecular flexibility index (Phi) is 6.20. The van der Waals surface area contributed by atoms with Crippen molar-refractivity contribution in [2.24, 2.45) is 0 Å². The molecule has 0 fully saturated rings. The van der Waals surface area contributed by atoms with Crippen LogP contribution >= 0.6 is 57.3 Å². The van der Waals surface area contributed by atoms with Crippen molar-refractivity contribution in [2.75, 3.05) is 11.1 Å². The Morgan fingerprint density at radius 1 is 1.11 bits per heavy atom. The van der Waals surface area contributed by atoms with Gasteiger partial charge in [-0.25, -0.2) is 4.98 Å². The number of carbonyl (C=O) groups is 1. The maximum Gasteiger partial charge on any atom is 0.234 e. The minimum absolute atomic E-state index is 0.0523. The van der Waals surface area contributed by atoms with Crippen LogP contribution in [0.15, 0.2) is 71.6 Å². The maximum atomic E-state index is 12.5. The van der Waals surface area contributed by atoms with E-state index in [4.69, 9.17) is 16.6 Å². The van der Waals surface area contributed by atoms with E-state index in [2.05, 4.69) is 40.0 Å². The molecule has 0 radical (unpaired) electrons. The standard InChI is InChI=1S/C21H14ClIN2OS2/c22-13-5-8-15(9-6-13)27-12-20(26)24-17-10-7-14(23)11-16(17)21-25-18-3-1-2-4-19(18)28-21/h1-11H,12H2,(H,24,26). The highest BCUT2D eigenvalue weighted by Gasteiger charge is 2.13. The number of halogens is 2. The molecule has 0 saturated heterocycles. The molecule has 7 heteroatoms. The Balaban J connectivity index is 1.54. The van der Waals surface area contributed by atoms with E-state index in [0.29, 0.717) is 10.8 Å². The van der Waals surface area contributed by atoms with Gasteiger partial charge in [0.25, 0.3) is 0 Å². The average molecular weight is 537 g/mol. The minimum atomic E-state index is -0.0523. The first kappa shape index (κ1) is 19.7. The molecule has 3 nitrogen and oxygen atoms in total. The van der Waals surface area contributed by atoms with Crippen molar-refractivity contribution < 1.29 is 4.79 Å². The van der Waals surface area contributed by atoms with Gasteiger partial charge in [-0.3, -0.25) is 4.79 Å². The highest BCUT2D eigenvalue weighted by atomic mass is 127. The monoisotopic (exact) mass is 536 g/mol. The fraction of sp³-hybridized carbons (Fsp3) is 0.0476. The Labute approximate surface area is 189 Å². The number of aromatic nitrogens is 1. The van der Waals surface area contributed by atoms with E-state index in [9.17, 15) is 4.79 Å². The van der Waals surface area contributed by atoms with Crippen LogP contribution in [0.25, 0.3) is 20.8 Å². The maximum absolute atomic E-state index is 12.5. The number of carbonyl (C=O) groups excluding carboxylic acids is 1. The number of para-hydroxylation sites is 1. The highest BCUT2D eigenvalue weighted by Crippen LogP contribution is 2.35. The smallest absolute Gasteiger partial charge is 0.234 e. The van der Waals surface area contributed by atoms with Crippen molar-refractivity contribution in [3.05, 3.63) is 75.3 Å². The molecular formula is C21H14ClIN2OS2. The number of benzene rings is 3. The highest BCUT2D eigenvalue weighted by molar-refractivity contribution is 14.1. The number of thioether (sulfide) groups is 1. The molecule has 4 rings (SSSR count). The van der Waals surface area contributed by atoms with Crippen molar-refractivity contribution in [3.8, 4) is 10.6 Å². The van der Waals surface area contributed by atoms with Crippen LogP contribution in [0, 0.1) is 3.57 Å². The third-order valence-corrected chi connectivity index (χ3v) is 6.97. The predicted octanol–water partition coefficient (Wildman–Crippen LogP) is 6.95. The van der Waals surface area contributed by atoms with Crippen molar-refractivity contribution in [1.29, 1.82) is 0 Å². The van der Waals surface area contributed by atoms with Gasteiger partial charge in [-0.05, 0) is 77.2 Å². The van der Waals surface area contributed by atoms with Gasteiger partial charge in [-0.2, -0.15) is 0 Å².